The number of carbonyl (C=O) groups excluding carboxylic acids is 1. The predicted molar refractivity (Wildman–Crippen MR) is 98.6 cm³/mol. The Morgan fingerprint density at radius 1 is 1.04 bits per heavy atom. The van der Waals surface area contributed by atoms with E-state index in [2.05, 4.69) is 22.7 Å². The number of amides is 1. The quantitative estimate of drug-likeness (QED) is 0.564. The molecule has 1 saturated carbocycles. The molecule has 2 N–H and O–H groups in total. The zero-order valence-corrected chi connectivity index (χ0v) is 13.6. The summed E-state index contributed by atoms with van der Waals surface area (Å²) in [5.41, 5.74) is 4.40. The van der Waals surface area contributed by atoms with Crippen LogP contribution in [0.1, 0.15) is 23.5 Å². The fourth-order valence-electron chi connectivity index (χ4n) is 3.22. The lowest BCUT2D eigenvalue weighted by atomic mass is 10.0. The molecule has 0 bridgehead atoms. The van der Waals surface area contributed by atoms with Gasteiger partial charge in [0.2, 0.25) is 5.91 Å². The van der Waals surface area contributed by atoms with Gasteiger partial charge in [-0.15, -0.1) is 0 Å². The molecule has 1 aliphatic carbocycles. The molecule has 1 fully saturated rings. The highest BCUT2D eigenvalue weighted by Gasteiger charge is 2.43. The van der Waals surface area contributed by atoms with Gasteiger partial charge in [0.05, 0.1) is 6.21 Å². The van der Waals surface area contributed by atoms with Crippen molar-refractivity contribution in [3.05, 3.63) is 77.9 Å². The van der Waals surface area contributed by atoms with Crippen LogP contribution in [0.25, 0.3) is 10.8 Å². The van der Waals surface area contributed by atoms with Crippen LogP contribution in [-0.4, -0.2) is 17.2 Å². The van der Waals surface area contributed by atoms with Gasteiger partial charge in [0.1, 0.15) is 5.75 Å². The Bertz CT molecular complexity index is 951. The Hall–Kier alpha value is -3.14. The summed E-state index contributed by atoms with van der Waals surface area (Å²) >= 11 is 0. The van der Waals surface area contributed by atoms with Crippen LogP contribution in [0.15, 0.2) is 71.8 Å². The van der Waals surface area contributed by atoms with E-state index in [4.69, 9.17) is 0 Å². The highest BCUT2D eigenvalue weighted by molar-refractivity contribution is 6.02. The molecule has 124 valence electrons. The lowest BCUT2D eigenvalue weighted by Gasteiger charge is -2.05. The molecular formula is C21H18N2O2. The molecule has 1 amide bonds. The number of hydrogen-bond acceptors (Lipinski definition) is 3. The standard InChI is InChI=1S/C21H18N2O2/c24-20-11-10-15-8-4-5-9-16(15)19(20)13-22-23-21(25)18-12-17(18)14-6-2-1-3-7-14/h1-11,13,17-18,24H,12H2,(H,23,25)/b22-13+/t17-,18+/m1/s1. The third-order valence-corrected chi connectivity index (χ3v) is 4.67. The number of hydrogen-bond donors (Lipinski definition) is 2. The molecule has 4 heteroatoms. The van der Waals surface area contributed by atoms with Crippen LogP contribution in [0, 0.1) is 5.92 Å². The first kappa shape index (κ1) is 15.4. The molecule has 4 rings (SSSR count). The second-order valence-electron chi connectivity index (χ2n) is 6.31. The minimum atomic E-state index is -0.0789. The average molecular weight is 330 g/mol. The van der Waals surface area contributed by atoms with E-state index in [9.17, 15) is 9.90 Å². The van der Waals surface area contributed by atoms with Crippen molar-refractivity contribution in [2.45, 2.75) is 12.3 Å². The SMILES string of the molecule is O=C(N/N=C/c1c(O)ccc2ccccc12)[C@H]1C[C@@H]1c1ccccc1. The number of aromatic hydroxyl groups is 1. The van der Waals surface area contributed by atoms with Crippen molar-refractivity contribution >= 4 is 22.9 Å². The van der Waals surface area contributed by atoms with E-state index in [1.165, 1.54) is 11.8 Å². The van der Waals surface area contributed by atoms with Gasteiger partial charge in [-0.3, -0.25) is 4.79 Å². The highest BCUT2D eigenvalue weighted by atomic mass is 16.3. The molecule has 2 atom stereocenters. The molecule has 25 heavy (non-hydrogen) atoms. The Morgan fingerprint density at radius 2 is 1.80 bits per heavy atom. The van der Waals surface area contributed by atoms with Crippen molar-refractivity contribution in [1.29, 1.82) is 0 Å². The third kappa shape index (κ3) is 3.11. The summed E-state index contributed by atoms with van der Waals surface area (Å²) in [4.78, 5) is 12.2. The fraction of sp³-hybridized carbons (Fsp3) is 0.143. The summed E-state index contributed by atoms with van der Waals surface area (Å²) < 4.78 is 0. The summed E-state index contributed by atoms with van der Waals surface area (Å²) in [7, 11) is 0. The number of hydrazone groups is 1. The monoisotopic (exact) mass is 330 g/mol. The highest BCUT2D eigenvalue weighted by Crippen LogP contribution is 2.47. The lowest BCUT2D eigenvalue weighted by Crippen LogP contribution is -2.20. The van der Waals surface area contributed by atoms with Gasteiger partial charge >= 0.3 is 0 Å². The van der Waals surface area contributed by atoms with Crippen LogP contribution in [0.5, 0.6) is 5.75 Å². The average Bonchev–Trinajstić information content (AvgIpc) is 3.45. The number of nitrogens with one attached hydrogen (secondary N) is 1. The van der Waals surface area contributed by atoms with Crippen molar-refractivity contribution in [3.8, 4) is 5.75 Å². The number of nitrogens with zero attached hydrogens (tertiary/aromatic N) is 1. The lowest BCUT2D eigenvalue weighted by molar-refractivity contribution is -0.122. The zero-order valence-electron chi connectivity index (χ0n) is 13.6. The van der Waals surface area contributed by atoms with Crippen molar-refractivity contribution in [2.75, 3.05) is 0 Å². The van der Waals surface area contributed by atoms with E-state index in [1.807, 2.05) is 48.5 Å². The van der Waals surface area contributed by atoms with Gasteiger partial charge < -0.3 is 5.11 Å². The maximum Gasteiger partial charge on any atom is 0.243 e. The Morgan fingerprint density at radius 3 is 2.64 bits per heavy atom. The van der Waals surface area contributed by atoms with Gasteiger partial charge in [-0.1, -0.05) is 60.7 Å². The van der Waals surface area contributed by atoms with Crippen molar-refractivity contribution < 1.29 is 9.90 Å². The Balaban J connectivity index is 1.46. The first-order chi connectivity index (χ1) is 12.2. The van der Waals surface area contributed by atoms with E-state index in [-0.39, 0.29) is 23.5 Å². The number of phenolic OH excluding ortho intramolecular Hbond substituents is 1. The molecule has 0 radical (unpaired) electrons. The van der Waals surface area contributed by atoms with Gasteiger partial charge in [0, 0.05) is 11.5 Å². The minimum Gasteiger partial charge on any atom is -0.507 e. The number of phenols is 1. The van der Waals surface area contributed by atoms with Crippen LogP contribution in [0.3, 0.4) is 0 Å². The largest absolute Gasteiger partial charge is 0.507 e. The van der Waals surface area contributed by atoms with Crippen molar-refractivity contribution in [1.82, 2.24) is 5.43 Å². The van der Waals surface area contributed by atoms with Crippen molar-refractivity contribution in [3.63, 3.8) is 0 Å². The molecule has 4 nitrogen and oxygen atoms in total. The summed E-state index contributed by atoms with van der Waals surface area (Å²) in [5.74, 6) is 0.318. The van der Waals surface area contributed by atoms with Crippen LogP contribution >= 0.6 is 0 Å². The molecule has 3 aromatic carbocycles. The van der Waals surface area contributed by atoms with E-state index < -0.39 is 0 Å². The van der Waals surface area contributed by atoms with Crippen LogP contribution in [0.2, 0.25) is 0 Å². The van der Waals surface area contributed by atoms with E-state index in [0.29, 0.717) is 5.56 Å². The summed E-state index contributed by atoms with van der Waals surface area (Å²) in [5, 5.41) is 16.1. The fourth-order valence-corrected chi connectivity index (χ4v) is 3.22. The Labute approximate surface area is 145 Å². The topological polar surface area (TPSA) is 61.7 Å². The maximum atomic E-state index is 12.2. The van der Waals surface area contributed by atoms with Crippen LogP contribution < -0.4 is 5.43 Å². The van der Waals surface area contributed by atoms with E-state index in [1.54, 1.807) is 6.07 Å². The molecule has 1 aliphatic rings. The van der Waals surface area contributed by atoms with Gasteiger partial charge in [0.25, 0.3) is 0 Å². The summed E-state index contributed by atoms with van der Waals surface area (Å²) in [6, 6.07) is 21.3. The molecular weight excluding hydrogens is 312 g/mol. The molecule has 0 unspecified atom stereocenters. The zero-order chi connectivity index (χ0) is 17.2. The number of rotatable bonds is 4. The van der Waals surface area contributed by atoms with Crippen LogP contribution in [0.4, 0.5) is 0 Å². The first-order valence-corrected chi connectivity index (χ1v) is 8.32. The number of benzene rings is 3. The second-order valence-corrected chi connectivity index (χ2v) is 6.31. The van der Waals surface area contributed by atoms with Gasteiger partial charge in [0.15, 0.2) is 0 Å². The molecule has 0 aliphatic heterocycles. The molecule has 0 spiro atoms. The predicted octanol–water partition coefficient (Wildman–Crippen LogP) is 3.80. The van der Waals surface area contributed by atoms with E-state index in [0.717, 1.165) is 17.2 Å². The molecule has 0 saturated heterocycles. The second kappa shape index (κ2) is 6.40. The summed E-state index contributed by atoms with van der Waals surface area (Å²) in [6.45, 7) is 0. The smallest absolute Gasteiger partial charge is 0.243 e. The van der Waals surface area contributed by atoms with Crippen LogP contribution in [-0.2, 0) is 4.79 Å². The van der Waals surface area contributed by atoms with Gasteiger partial charge in [-0.2, -0.15) is 5.10 Å². The molecule has 3 aromatic rings. The Kier molecular flexibility index (Phi) is 3.94. The number of fused-ring (bicyclic) bond motifs is 1. The summed E-state index contributed by atoms with van der Waals surface area (Å²) in [6.07, 6.45) is 2.36. The van der Waals surface area contributed by atoms with Gasteiger partial charge in [-0.05, 0) is 34.7 Å². The maximum absolute atomic E-state index is 12.2. The van der Waals surface area contributed by atoms with Crippen molar-refractivity contribution in [2.24, 2.45) is 11.0 Å². The van der Waals surface area contributed by atoms with Gasteiger partial charge in [-0.25, -0.2) is 5.43 Å². The molecule has 0 heterocycles. The first-order valence-electron chi connectivity index (χ1n) is 8.32. The normalized spacial score (nSPS) is 19.2. The van der Waals surface area contributed by atoms with E-state index >= 15 is 0 Å². The minimum absolute atomic E-state index is 0.0272. The third-order valence-electron chi connectivity index (χ3n) is 4.67. The molecule has 0 aromatic heterocycles. The number of carbonyl (C=O) groups is 1.